The van der Waals surface area contributed by atoms with E-state index in [0.717, 1.165) is 25.0 Å². The molecule has 0 radical (unpaired) electrons. The van der Waals surface area contributed by atoms with Crippen LogP contribution in [0.3, 0.4) is 0 Å². The molecule has 2 atom stereocenters. The fourth-order valence-electron chi connectivity index (χ4n) is 3.87. The van der Waals surface area contributed by atoms with Gasteiger partial charge < -0.3 is 14.6 Å². The molecule has 0 amide bonds. The fraction of sp³-hybridized carbons (Fsp3) is 0.650. The molecule has 0 spiro atoms. The van der Waals surface area contributed by atoms with Crippen LogP contribution in [0.2, 0.25) is 0 Å². The van der Waals surface area contributed by atoms with Gasteiger partial charge in [-0.15, -0.1) is 0 Å². The Morgan fingerprint density at radius 1 is 1.33 bits per heavy atom. The van der Waals surface area contributed by atoms with Crippen LogP contribution in [-0.2, 0) is 22.4 Å². The van der Waals surface area contributed by atoms with E-state index in [4.69, 9.17) is 9.47 Å². The molecular weight excluding hydrogens is 304 g/mol. The summed E-state index contributed by atoms with van der Waals surface area (Å²) >= 11 is 0. The first-order valence-corrected chi connectivity index (χ1v) is 8.96. The van der Waals surface area contributed by atoms with E-state index in [1.165, 1.54) is 16.7 Å². The lowest BCUT2D eigenvalue weighted by atomic mass is 9.89. The minimum Gasteiger partial charge on any atom is -0.487 e. The normalized spacial score (nSPS) is 25.3. The van der Waals surface area contributed by atoms with Crippen LogP contribution in [0.4, 0.5) is 0 Å². The highest BCUT2D eigenvalue weighted by Crippen LogP contribution is 2.41. The molecule has 0 unspecified atom stereocenters. The van der Waals surface area contributed by atoms with E-state index in [-0.39, 0.29) is 24.1 Å². The van der Waals surface area contributed by atoms with Crippen molar-refractivity contribution in [3.05, 3.63) is 28.8 Å². The van der Waals surface area contributed by atoms with Crippen LogP contribution < -0.4 is 4.74 Å². The molecule has 3 rings (SSSR count). The molecule has 4 nitrogen and oxygen atoms in total. The maximum Gasteiger partial charge on any atom is 0.308 e. The van der Waals surface area contributed by atoms with E-state index >= 15 is 0 Å². The maximum atomic E-state index is 11.5. The largest absolute Gasteiger partial charge is 0.487 e. The van der Waals surface area contributed by atoms with Crippen molar-refractivity contribution in [1.29, 1.82) is 0 Å². The van der Waals surface area contributed by atoms with Gasteiger partial charge in [-0.25, -0.2) is 0 Å². The number of hydrogen-bond donors (Lipinski definition) is 1. The summed E-state index contributed by atoms with van der Waals surface area (Å²) in [5.74, 6) is 1.14. The van der Waals surface area contributed by atoms with E-state index in [1.54, 1.807) is 0 Å². The first-order chi connectivity index (χ1) is 11.2. The standard InChI is InChI=1S/C20H28O4/c1-12(2)16-7-5-13-11-20(3,4)24-19(13)17(16)8-6-15-9-14(21)10-18(22)23-15/h5,7,12,14-15,21H,6,8-11H2,1-4H3/t14-,15-/m1/s1. The van der Waals surface area contributed by atoms with Gasteiger partial charge in [0.2, 0.25) is 0 Å². The zero-order chi connectivity index (χ0) is 17.5. The van der Waals surface area contributed by atoms with Crippen LogP contribution in [0.5, 0.6) is 5.75 Å². The molecule has 0 aromatic heterocycles. The molecule has 24 heavy (non-hydrogen) atoms. The number of aliphatic hydroxyl groups is 1. The second-order valence-electron chi connectivity index (χ2n) is 8.06. The molecular formula is C20H28O4. The third-order valence-corrected chi connectivity index (χ3v) is 4.95. The van der Waals surface area contributed by atoms with Crippen molar-refractivity contribution in [2.24, 2.45) is 0 Å². The average molecular weight is 332 g/mol. The molecule has 4 heteroatoms. The van der Waals surface area contributed by atoms with Crippen molar-refractivity contribution in [1.82, 2.24) is 0 Å². The number of hydrogen-bond acceptors (Lipinski definition) is 4. The summed E-state index contributed by atoms with van der Waals surface area (Å²) in [7, 11) is 0. The number of carbonyl (C=O) groups excluding carboxylic acids is 1. The third-order valence-electron chi connectivity index (χ3n) is 4.95. The average Bonchev–Trinajstić information content (AvgIpc) is 2.77. The topological polar surface area (TPSA) is 55.8 Å². The number of fused-ring (bicyclic) bond motifs is 1. The van der Waals surface area contributed by atoms with Gasteiger partial charge in [-0.1, -0.05) is 26.0 Å². The molecule has 1 fully saturated rings. The first-order valence-electron chi connectivity index (χ1n) is 8.96. The first kappa shape index (κ1) is 17.3. The van der Waals surface area contributed by atoms with E-state index in [0.29, 0.717) is 12.3 Å². The number of benzene rings is 1. The van der Waals surface area contributed by atoms with Gasteiger partial charge in [-0.05, 0) is 49.3 Å². The molecule has 132 valence electrons. The number of ether oxygens (including phenoxy) is 2. The molecule has 0 bridgehead atoms. The highest BCUT2D eigenvalue weighted by Gasteiger charge is 2.34. The molecule has 0 aliphatic carbocycles. The Bertz CT molecular complexity index is 633. The van der Waals surface area contributed by atoms with E-state index in [9.17, 15) is 9.90 Å². The second-order valence-corrected chi connectivity index (χ2v) is 8.06. The number of esters is 1. The summed E-state index contributed by atoms with van der Waals surface area (Å²) in [6, 6.07) is 4.40. The summed E-state index contributed by atoms with van der Waals surface area (Å²) in [5, 5.41) is 9.79. The number of cyclic esters (lactones) is 1. The lowest BCUT2D eigenvalue weighted by Crippen LogP contribution is -2.32. The Balaban J connectivity index is 1.82. The van der Waals surface area contributed by atoms with E-state index in [1.807, 2.05) is 0 Å². The maximum absolute atomic E-state index is 11.5. The third kappa shape index (κ3) is 3.59. The van der Waals surface area contributed by atoms with Gasteiger partial charge in [0.25, 0.3) is 0 Å². The summed E-state index contributed by atoms with van der Waals surface area (Å²) < 4.78 is 11.6. The zero-order valence-electron chi connectivity index (χ0n) is 15.1. The van der Waals surface area contributed by atoms with Gasteiger partial charge in [-0.2, -0.15) is 0 Å². The Labute approximate surface area is 144 Å². The molecule has 2 heterocycles. The number of aliphatic hydroxyl groups excluding tert-OH is 1. The molecule has 2 aliphatic rings. The van der Waals surface area contributed by atoms with Crippen molar-refractivity contribution in [2.45, 2.75) is 83.5 Å². The number of carbonyl (C=O) groups is 1. The zero-order valence-corrected chi connectivity index (χ0v) is 15.1. The van der Waals surface area contributed by atoms with Crippen LogP contribution in [0.15, 0.2) is 12.1 Å². The molecule has 1 aromatic carbocycles. The molecule has 1 saturated heterocycles. The van der Waals surface area contributed by atoms with Gasteiger partial charge in [-0.3, -0.25) is 4.79 Å². The smallest absolute Gasteiger partial charge is 0.308 e. The molecule has 1 N–H and O–H groups in total. The summed E-state index contributed by atoms with van der Waals surface area (Å²) in [4.78, 5) is 11.5. The monoisotopic (exact) mass is 332 g/mol. The van der Waals surface area contributed by atoms with Crippen molar-refractivity contribution in [3.63, 3.8) is 0 Å². The van der Waals surface area contributed by atoms with Gasteiger partial charge in [0.15, 0.2) is 0 Å². The Morgan fingerprint density at radius 3 is 2.75 bits per heavy atom. The van der Waals surface area contributed by atoms with Gasteiger partial charge in [0.05, 0.1) is 12.5 Å². The lowest BCUT2D eigenvalue weighted by Gasteiger charge is -2.27. The Kier molecular flexibility index (Phi) is 4.60. The number of rotatable bonds is 4. The second kappa shape index (κ2) is 6.40. The fourth-order valence-corrected chi connectivity index (χ4v) is 3.87. The Hall–Kier alpha value is -1.55. The highest BCUT2D eigenvalue weighted by atomic mass is 16.5. The van der Waals surface area contributed by atoms with Gasteiger partial charge in [0, 0.05) is 12.8 Å². The lowest BCUT2D eigenvalue weighted by molar-refractivity contribution is -0.160. The quantitative estimate of drug-likeness (QED) is 0.857. The van der Waals surface area contributed by atoms with Gasteiger partial charge in [0.1, 0.15) is 17.5 Å². The van der Waals surface area contributed by atoms with Crippen molar-refractivity contribution < 1.29 is 19.4 Å². The van der Waals surface area contributed by atoms with Crippen molar-refractivity contribution in [3.8, 4) is 5.75 Å². The highest BCUT2D eigenvalue weighted by molar-refractivity contribution is 5.71. The molecule has 2 aliphatic heterocycles. The van der Waals surface area contributed by atoms with E-state index in [2.05, 4.69) is 39.8 Å². The van der Waals surface area contributed by atoms with Crippen molar-refractivity contribution in [2.75, 3.05) is 0 Å². The molecule has 0 saturated carbocycles. The summed E-state index contributed by atoms with van der Waals surface area (Å²) in [5.41, 5.74) is 3.64. The summed E-state index contributed by atoms with van der Waals surface area (Å²) in [6.07, 6.45) is 2.32. The minimum atomic E-state index is -0.572. The predicted octanol–water partition coefficient (Wildman–Crippen LogP) is 3.52. The minimum absolute atomic E-state index is 0.117. The van der Waals surface area contributed by atoms with Crippen molar-refractivity contribution >= 4 is 5.97 Å². The van der Waals surface area contributed by atoms with Crippen LogP contribution in [0, 0.1) is 0 Å². The van der Waals surface area contributed by atoms with Gasteiger partial charge >= 0.3 is 5.97 Å². The Morgan fingerprint density at radius 2 is 2.08 bits per heavy atom. The van der Waals surface area contributed by atoms with Crippen LogP contribution >= 0.6 is 0 Å². The summed E-state index contributed by atoms with van der Waals surface area (Å²) in [6.45, 7) is 8.61. The molecule has 1 aromatic rings. The SMILES string of the molecule is CC(C)c1ccc2c(c1CC[C@@H]1C[C@@H](O)CC(=O)O1)OC(C)(C)C2. The van der Waals surface area contributed by atoms with Crippen LogP contribution in [0.25, 0.3) is 0 Å². The van der Waals surface area contributed by atoms with E-state index < -0.39 is 6.10 Å². The predicted molar refractivity (Wildman–Crippen MR) is 92.4 cm³/mol. The van der Waals surface area contributed by atoms with Crippen LogP contribution in [0.1, 0.15) is 69.6 Å². The van der Waals surface area contributed by atoms with Crippen LogP contribution in [-0.4, -0.2) is 28.9 Å².